The molecular weight excluding hydrogens is 1280 g/mol. The first-order valence-corrected chi connectivity index (χ1v) is 43.9. The molecule has 0 rings (SSSR count). The van der Waals surface area contributed by atoms with Crippen LogP contribution in [0, 0.1) is 17.8 Å². The molecule has 0 amide bonds. The van der Waals surface area contributed by atoms with Crippen LogP contribution in [-0.2, 0) is 65.4 Å². The Kier molecular flexibility index (Phi) is 68.1. The zero-order chi connectivity index (χ0) is 72.3. The van der Waals surface area contributed by atoms with Crippen LogP contribution in [0.3, 0.4) is 0 Å². The van der Waals surface area contributed by atoms with E-state index in [1.807, 2.05) is 0 Å². The number of phosphoric ester groups is 2. The van der Waals surface area contributed by atoms with Gasteiger partial charge < -0.3 is 33.8 Å². The molecule has 0 aromatic heterocycles. The number of carbonyl (C=O) groups excluding carboxylic acids is 4. The van der Waals surface area contributed by atoms with Gasteiger partial charge in [-0.2, -0.15) is 0 Å². The highest BCUT2D eigenvalue weighted by molar-refractivity contribution is 7.47. The van der Waals surface area contributed by atoms with Crippen molar-refractivity contribution < 1.29 is 80.2 Å². The third-order valence-electron chi connectivity index (χ3n) is 19.1. The summed E-state index contributed by atoms with van der Waals surface area (Å²) in [6.45, 7) is 12.0. The van der Waals surface area contributed by atoms with E-state index in [9.17, 15) is 43.2 Å². The molecule has 7 atom stereocenters. The maximum absolute atomic E-state index is 13.1. The Morgan fingerprint density at radius 1 is 0.296 bits per heavy atom. The molecule has 4 unspecified atom stereocenters. The molecule has 0 aromatic carbocycles. The number of hydrogen-bond donors (Lipinski definition) is 3. The molecule has 0 saturated heterocycles. The highest BCUT2D eigenvalue weighted by Crippen LogP contribution is 2.45. The van der Waals surface area contributed by atoms with E-state index in [1.54, 1.807) is 0 Å². The summed E-state index contributed by atoms with van der Waals surface area (Å²) in [5, 5.41) is 10.6. The van der Waals surface area contributed by atoms with Crippen molar-refractivity contribution in [1.82, 2.24) is 0 Å². The Bertz CT molecular complexity index is 1910. The molecule has 0 aliphatic heterocycles. The lowest BCUT2D eigenvalue weighted by Crippen LogP contribution is -2.30. The van der Waals surface area contributed by atoms with Gasteiger partial charge in [0.15, 0.2) is 12.2 Å². The summed E-state index contributed by atoms with van der Waals surface area (Å²) in [5.74, 6) is 0.313. The van der Waals surface area contributed by atoms with Gasteiger partial charge in [0.1, 0.15) is 19.3 Å². The second-order valence-corrected chi connectivity index (χ2v) is 32.3. The second kappa shape index (κ2) is 69.4. The first-order chi connectivity index (χ1) is 47.3. The third-order valence-corrected chi connectivity index (χ3v) is 21.0. The van der Waals surface area contributed by atoms with E-state index in [1.165, 1.54) is 218 Å². The fourth-order valence-corrected chi connectivity index (χ4v) is 13.6. The van der Waals surface area contributed by atoms with Gasteiger partial charge in [-0.3, -0.25) is 37.3 Å². The Hall–Kier alpha value is -1.94. The fraction of sp³-hybridized carbons (Fsp3) is 0.949. The molecule has 0 heterocycles. The zero-order valence-electron chi connectivity index (χ0n) is 64.3. The minimum absolute atomic E-state index is 0.105. The molecular formula is C79H154O17P2. The van der Waals surface area contributed by atoms with Crippen molar-refractivity contribution in [3.63, 3.8) is 0 Å². The first kappa shape index (κ1) is 96.1. The summed E-state index contributed by atoms with van der Waals surface area (Å²) >= 11 is 0. The number of rotatable bonds is 77. The molecule has 0 spiro atoms. The second-order valence-electron chi connectivity index (χ2n) is 29.4. The van der Waals surface area contributed by atoms with E-state index >= 15 is 0 Å². The summed E-state index contributed by atoms with van der Waals surface area (Å²) in [6.07, 6.45) is 56.8. The van der Waals surface area contributed by atoms with Gasteiger partial charge in [-0.05, 0) is 43.4 Å². The van der Waals surface area contributed by atoms with Gasteiger partial charge in [-0.1, -0.05) is 357 Å². The highest BCUT2D eigenvalue weighted by atomic mass is 31.2. The average Bonchev–Trinajstić information content (AvgIpc) is 0.929. The number of phosphoric acid groups is 2. The van der Waals surface area contributed by atoms with Crippen molar-refractivity contribution in [3.05, 3.63) is 0 Å². The molecule has 0 aromatic rings. The lowest BCUT2D eigenvalue weighted by atomic mass is 9.99. The van der Waals surface area contributed by atoms with Crippen LogP contribution in [-0.4, -0.2) is 96.7 Å². The SMILES string of the molecule is CCCCCCCCCCCC(=O)OC[C@H](COP(=O)(O)OC[C@H](O)COP(=O)(O)OC[C@@H](COC(=O)CCCCCCCCCCCCCCCCC(C)CC)OC(=O)CCCCCCCCCCCCCCCCCCC(C)C)OC(=O)CCCCCCCCCCC(C)CC. The minimum atomic E-state index is -4.96. The number of aliphatic hydroxyl groups excluding tert-OH is 1. The van der Waals surface area contributed by atoms with Gasteiger partial charge in [0.25, 0.3) is 0 Å². The van der Waals surface area contributed by atoms with Gasteiger partial charge in [-0.15, -0.1) is 0 Å². The van der Waals surface area contributed by atoms with Gasteiger partial charge in [-0.25, -0.2) is 9.13 Å². The van der Waals surface area contributed by atoms with E-state index in [-0.39, 0.29) is 25.7 Å². The monoisotopic (exact) mass is 1440 g/mol. The van der Waals surface area contributed by atoms with Crippen LogP contribution in [0.5, 0.6) is 0 Å². The quantitative estimate of drug-likeness (QED) is 0.0222. The Labute approximate surface area is 600 Å². The molecule has 0 aliphatic carbocycles. The lowest BCUT2D eigenvalue weighted by molar-refractivity contribution is -0.161. The summed E-state index contributed by atoms with van der Waals surface area (Å²) in [5.41, 5.74) is 0. The van der Waals surface area contributed by atoms with Crippen LogP contribution >= 0.6 is 15.6 Å². The maximum Gasteiger partial charge on any atom is 0.472 e. The summed E-state index contributed by atoms with van der Waals surface area (Å²) in [6, 6.07) is 0. The van der Waals surface area contributed by atoms with E-state index < -0.39 is 97.5 Å². The largest absolute Gasteiger partial charge is 0.472 e. The minimum Gasteiger partial charge on any atom is -0.462 e. The predicted molar refractivity (Wildman–Crippen MR) is 400 cm³/mol. The molecule has 0 fully saturated rings. The van der Waals surface area contributed by atoms with E-state index in [4.69, 9.17) is 37.0 Å². The number of carbonyl (C=O) groups is 4. The van der Waals surface area contributed by atoms with Crippen molar-refractivity contribution >= 4 is 39.5 Å². The summed E-state index contributed by atoms with van der Waals surface area (Å²) < 4.78 is 68.6. The van der Waals surface area contributed by atoms with Crippen molar-refractivity contribution in [2.75, 3.05) is 39.6 Å². The summed E-state index contributed by atoms with van der Waals surface area (Å²) in [7, 11) is -9.91. The molecule has 0 bridgehead atoms. The number of aliphatic hydroxyl groups is 1. The Balaban J connectivity index is 5.22. The molecule has 582 valence electrons. The molecule has 17 nitrogen and oxygen atoms in total. The van der Waals surface area contributed by atoms with Crippen LogP contribution in [0.1, 0.15) is 408 Å². The maximum atomic E-state index is 13.1. The van der Waals surface area contributed by atoms with E-state index in [0.717, 1.165) is 108 Å². The normalized spacial score (nSPS) is 14.6. The van der Waals surface area contributed by atoms with E-state index in [0.29, 0.717) is 25.7 Å². The smallest absolute Gasteiger partial charge is 0.462 e. The third kappa shape index (κ3) is 69.8. The molecule has 19 heteroatoms. The van der Waals surface area contributed by atoms with Gasteiger partial charge in [0, 0.05) is 25.7 Å². The number of esters is 4. The molecule has 3 N–H and O–H groups in total. The zero-order valence-corrected chi connectivity index (χ0v) is 66.0. The molecule has 98 heavy (non-hydrogen) atoms. The van der Waals surface area contributed by atoms with Crippen molar-refractivity contribution in [2.24, 2.45) is 17.8 Å². The molecule has 0 radical (unpaired) electrons. The standard InChI is InChI=1S/C79H154O17P2/c1-8-11-12-13-14-29-39-46-53-60-76(81)89-66-75(96-79(84)63-56-49-42-35-34-38-45-52-59-72(7)10-3)69-94-98(87,88)92-65-73(80)64-91-97(85,86)93-68-74(67-90-77(82)61-54-47-40-32-27-23-20-19-22-26-31-37-44-51-58-71(6)9-2)95-78(83)62-55-48-41-33-28-24-18-16-15-17-21-25-30-36-43-50-57-70(4)5/h70-75,80H,8-69H2,1-7H3,(H,85,86)(H,87,88)/t71?,72?,73-,74-,75-/m1/s1. The van der Waals surface area contributed by atoms with Crippen molar-refractivity contribution in [2.45, 2.75) is 426 Å². The predicted octanol–water partition coefficient (Wildman–Crippen LogP) is 23.4. The number of hydrogen-bond acceptors (Lipinski definition) is 15. The van der Waals surface area contributed by atoms with Crippen LogP contribution in [0.15, 0.2) is 0 Å². The molecule has 0 saturated carbocycles. The number of ether oxygens (including phenoxy) is 4. The lowest BCUT2D eigenvalue weighted by Gasteiger charge is -2.21. The Morgan fingerprint density at radius 3 is 0.776 bits per heavy atom. The first-order valence-electron chi connectivity index (χ1n) is 40.9. The summed E-state index contributed by atoms with van der Waals surface area (Å²) in [4.78, 5) is 72.9. The van der Waals surface area contributed by atoms with Crippen LogP contribution in [0.25, 0.3) is 0 Å². The Morgan fingerprint density at radius 2 is 0.520 bits per heavy atom. The average molecular weight is 1440 g/mol. The van der Waals surface area contributed by atoms with Crippen LogP contribution in [0.2, 0.25) is 0 Å². The van der Waals surface area contributed by atoms with Gasteiger partial charge >= 0.3 is 39.5 Å². The highest BCUT2D eigenvalue weighted by Gasteiger charge is 2.30. The topological polar surface area (TPSA) is 237 Å². The molecule has 0 aliphatic rings. The van der Waals surface area contributed by atoms with Gasteiger partial charge in [0.2, 0.25) is 0 Å². The number of unbranched alkanes of at least 4 members (excludes halogenated alkanes) is 43. The van der Waals surface area contributed by atoms with Crippen molar-refractivity contribution in [1.29, 1.82) is 0 Å². The van der Waals surface area contributed by atoms with Crippen molar-refractivity contribution in [3.8, 4) is 0 Å². The van der Waals surface area contributed by atoms with E-state index in [2.05, 4.69) is 48.5 Å². The van der Waals surface area contributed by atoms with Crippen LogP contribution < -0.4 is 0 Å². The van der Waals surface area contributed by atoms with Crippen LogP contribution in [0.4, 0.5) is 0 Å². The fourth-order valence-electron chi connectivity index (χ4n) is 12.1. The van der Waals surface area contributed by atoms with Gasteiger partial charge in [0.05, 0.1) is 26.4 Å².